The first-order valence-corrected chi connectivity index (χ1v) is 12.2. The summed E-state index contributed by atoms with van der Waals surface area (Å²) < 4.78 is 73.1. The lowest BCUT2D eigenvalue weighted by molar-refractivity contribution is -0.0492. The highest BCUT2D eigenvalue weighted by Gasteiger charge is 2.50. The average molecular weight is 479 g/mol. The molecule has 1 fully saturated rings. The van der Waals surface area contributed by atoms with E-state index in [0.717, 1.165) is 24.8 Å². The Morgan fingerprint density at radius 1 is 1.16 bits per heavy atom. The molecule has 1 aromatic rings. The minimum absolute atomic E-state index is 0.137. The maximum atomic E-state index is 12.8. The second kappa shape index (κ2) is 9.86. The highest BCUT2D eigenvalue weighted by atomic mass is 32.2. The van der Waals surface area contributed by atoms with Crippen molar-refractivity contribution in [2.45, 2.75) is 57.7 Å². The number of amides is 1. The normalized spacial score (nSPS) is 18.5. The molecular weight excluding hydrogens is 449 g/mol. The molecule has 11 heteroatoms. The van der Waals surface area contributed by atoms with Gasteiger partial charge in [-0.05, 0) is 68.7 Å². The van der Waals surface area contributed by atoms with E-state index in [-0.39, 0.29) is 31.7 Å². The summed E-state index contributed by atoms with van der Waals surface area (Å²) in [7, 11) is -5.32. The van der Waals surface area contributed by atoms with Gasteiger partial charge in [0.15, 0.2) is 0 Å². The number of piperidine rings is 1. The first kappa shape index (κ1) is 24.6. The Morgan fingerprint density at radius 3 is 2.47 bits per heavy atom. The van der Waals surface area contributed by atoms with Crippen LogP contribution in [0, 0.1) is 5.92 Å². The average Bonchev–Trinajstić information content (AvgIpc) is 2.72. The smallest absolute Gasteiger partial charge is 0.494 e. The molecule has 1 aromatic carbocycles. The molecule has 0 aliphatic carbocycles. The Bertz CT molecular complexity index is 913. The molecule has 0 saturated carbocycles. The Kier molecular flexibility index (Phi) is 7.59. The standard InChI is InChI=1S/C21H29F3N2O5S/c1-15(2)31-20(27)25-9-5-16(6-10-25)8-12-30-19-4-3-18-14-26(11-7-17(18)13-19)32(28,29)21(22,23)24/h3-4,13,15-16H,5-12,14H2,1-2H3. The van der Waals surface area contributed by atoms with Gasteiger partial charge in [-0.2, -0.15) is 17.5 Å². The molecule has 2 heterocycles. The van der Waals surface area contributed by atoms with Gasteiger partial charge in [0.1, 0.15) is 5.75 Å². The van der Waals surface area contributed by atoms with E-state index in [9.17, 15) is 26.4 Å². The van der Waals surface area contributed by atoms with Crippen molar-refractivity contribution >= 4 is 16.1 Å². The summed E-state index contributed by atoms with van der Waals surface area (Å²) in [4.78, 5) is 13.7. The number of carbonyl (C=O) groups excluding carboxylic acids is 1. The van der Waals surface area contributed by atoms with Crippen LogP contribution in [0.2, 0.25) is 0 Å². The minimum atomic E-state index is -5.32. The SMILES string of the molecule is CC(C)OC(=O)N1CCC(CCOc2ccc3c(c2)CCN(S(=O)(=O)C(F)(F)F)C3)CC1. The molecule has 0 unspecified atom stereocenters. The lowest BCUT2D eigenvalue weighted by atomic mass is 9.94. The molecule has 1 saturated heterocycles. The van der Waals surface area contributed by atoms with Gasteiger partial charge in [0.25, 0.3) is 0 Å². The Balaban J connectivity index is 1.46. The Hall–Kier alpha value is -2.01. The molecular formula is C21H29F3N2O5S. The molecule has 0 spiro atoms. The van der Waals surface area contributed by atoms with Crippen LogP contribution in [-0.4, -0.2) is 61.6 Å². The summed E-state index contributed by atoms with van der Waals surface area (Å²) in [6, 6.07) is 5.06. The van der Waals surface area contributed by atoms with Crippen LogP contribution in [-0.2, 0) is 27.7 Å². The molecule has 0 atom stereocenters. The predicted octanol–water partition coefficient (Wildman–Crippen LogP) is 3.92. The molecule has 7 nitrogen and oxygen atoms in total. The van der Waals surface area contributed by atoms with Crippen LogP contribution in [0.3, 0.4) is 0 Å². The van der Waals surface area contributed by atoms with E-state index in [1.807, 2.05) is 13.8 Å². The fourth-order valence-corrected chi connectivity index (χ4v) is 4.90. The second-order valence-electron chi connectivity index (χ2n) is 8.46. The largest absolute Gasteiger partial charge is 0.511 e. The van der Waals surface area contributed by atoms with Crippen molar-refractivity contribution in [3.63, 3.8) is 0 Å². The number of hydrogen-bond donors (Lipinski definition) is 0. The van der Waals surface area contributed by atoms with E-state index in [1.165, 1.54) is 0 Å². The van der Waals surface area contributed by atoms with Crippen molar-refractivity contribution in [3.05, 3.63) is 29.3 Å². The van der Waals surface area contributed by atoms with Crippen LogP contribution in [0.15, 0.2) is 18.2 Å². The molecule has 0 bridgehead atoms. The number of hydrogen-bond acceptors (Lipinski definition) is 5. The molecule has 1 amide bonds. The van der Waals surface area contributed by atoms with Crippen LogP contribution in [0.25, 0.3) is 0 Å². The number of ether oxygens (including phenoxy) is 2. The van der Waals surface area contributed by atoms with Gasteiger partial charge in [0, 0.05) is 26.2 Å². The molecule has 2 aliphatic heterocycles. The summed E-state index contributed by atoms with van der Waals surface area (Å²) in [5, 5.41) is 0. The van der Waals surface area contributed by atoms with Crippen molar-refractivity contribution in [2.75, 3.05) is 26.2 Å². The van der Waals surface area contributed by atoms with Crippen LogP contribution in [0.5, 0.6) is 5.75 Å². The predicted molar refractivity (Wildman–Crippen MR) is 112 cm³/mol. The van der Waals surface area contributed by atoms with Crippen molar-refractivity contribution in [2.24, 2.45) is 5.92 Å². The van der Waals surface area contributed by atoms with E-state index < -0.39 is 15.5 Å². The number of benzene rings is 1. The zero-order valence-electron chi connectivity index (χ0n) is 18.2. The number of sulfonamides is 1. The van der Waals surface area contributed by atoms with Gasteiger partial charge < -0.3 is 14.4 Å². The monoisotopic (exact) mass is 478 g/mol. The number of halogens is 3. The molecule has 2 aliphatic rings. The van der Waals surface area contributed by atoms with Crippen molar-refractivity contribution in [1.29, 1.82) is 0 Å². The van der Waals surface area contributed by atoms with Crippen LogP contribution >= 0.6 is 0 Å². The van der Waals surface area contributed by atoms with Gasteiger partial charge in [-0.1, -0.05) is 6.07 Å². The third-order valence-corrected chi connectivity index (χ3v) is 7.37. The highest BCUT2D eigenvalue weighted by Crippen LogP contribution is 2.32. The first-order valence-electron chi connectivity index (χ1n) is 10.7. The third-order valence-electron chi connectivity index (χ3n) is 5.79. The van der Waals surface area contributed by atoms with Gasteiger partial charge in [-0.25, -0.2) is 13.2 Å². The first-order chi connectivity index (χ1) is 15.0. The molecule has 0 N–H and O–H groups in total. The molecule has 180 valence electrons. The third kappa shape index (κ3) is 5.86. The van der Waals surface area contributed by atoms with Crippen LogP contribution in [0.1, 0.15) is 44.2 Å². The number of alkyl halides is 3. The topological polar surface area (TPSA) is 76.2 Å². The molecule has 0 aromatic heterocycles. The quantitative estimate of drug-likeness (QED) is 0.620. The van der Waals surface area contributed by atoms with Gasteiger partial charge >= 0.3 is 21.6 Å². The van der Waals surface area contributed by atoms with Gasteiger partial charge in [0.05, 0.1) is 12.7 Å². The van der Waals surface area contributed by atoms with Crippen LogP contribution < -0.4 is 4.74 Å². The summed E-state index contributed by atoms with van der Waals surface area (Å²) in [5.41, 5.74) is -3.94. The number of fused-ring (bicyclic) bond motifs is 1. The van der Waals surface area contributed by atoms with Crippen molar-refractivity contribution in [1.82, 2.24) is 9.21 Å². The lowest BCUT2D eigenvalue weighted by Crippen LogP contribution is -2.43. The number of rotatable bonds is 6. The minimum Gasteiger partial charge on any atom is -0.494 e. The van der Waals surface area contributed by atoms with E-state index in [4.69, 9.17) is 9.47 Å². The molecule has 32 heavy (non-hydrogen) atoms. The van der Waals surface area contributed by atoms with Gasteiger partial charge in [-0.15, -0.1) is 0 Å². The van der Waals surface area contributed by atoms with Crippen LogP contribution in [0.4, 0.5) is 18.0 Å². The second-order valence-corrected chi connectivity index (χ2v) is 10.4. The maximum Gasteiger partial charge on any atom is 0.511 e. The Labute approximate surface area is 186 Å². The highest BCUT2D eigenvalue weighted by molar-refractivity contribution is 7.89. The number of likely N-dealkylation sites (tertiary alicyclic amines) is 1. The van der Waals surface area contributed by atoms with E-state index in [0.29, 0.717) is 41.2 Å². The van der Waals surface area contributed by atoms with E-state index in [1.54, 1.807) is 23.1 Å². The summed E-state index contributed by atoms with van der Waals surface area (Å²) >= 11 is 0. The number of carbonyl (C=O) groups is 1. The van der Waals surface area contributed by atoms with Crippen molar-refractivity contribution < 1.29 is 35.9 Å². The van der Waals surface area contributed by atoms with E-state index in [2.05, 4.69) is 0 Å². The fourth-order valence-electron chi connectivity index (χ4n) is 3.97. The summed E-state index contributed by atoms with van der Waals surface area (Å²) in [6.07, 6.45) is 2.39. The summed E-state index contributed by atoms with van der Waals surface area (Å²) in [5.74, 6) is 1.06. The fraction of sp³-hybridized carbons (Fsp3) is 0.667. The van der Waals surface area contributed by atoms with Gasteiger partial charge in [0.2, 0.25) is 0 Å². The van der Waals surface area contributed by atoms with E-state index >= 15 is 0 Å². The zero-order valence-corrected chi connectivity index (χ0v) is 19.0. The van der Waals surface area contributed by atoms with Gasteiger partial charge in [-0.3, -0.25) is 0 Å². The molecule has 3 rings (SSSR count). The lowest BCUT2D eigenvalue weighted by Gasteiger charge is -2.31. The van der Waals surface area contributed by atoms with Crippen molar-refractivity contribution in [3.8, 4) is 5.75 Å². The molecule has 0 radical (unpaired) electrons. The zero-order chi connectivity index (χ0) is 23.5. The number of nitrogens with zero attached hydrogens (tertiary/aromatic N) is 2. The Morgan fingerprint density at radius 2 is 1.84 bits per heavy atom. The maximum absolute atomic E-state index is 12.8. The summed E-state index contributed by atoms with van der Waals surface area (Å²) in [6.45, 7) is 4.95.